The Morgan fingerprint density at radius 3 is 2.67 bits per heavy atom. The highest BCUT2D eigenvalue weighted by molar-refractivity contribution is 4.94. The minimum atomic E-state index is 0.862. The van der Waals surface area contributed by atoms with Crippen LogP contribution in [0.5, 0.6) is 0 Å². The molecule has 0 aromatic rings. The number of hydrogen-bond acceptors (Lipinski definition) is 1. The molecule has 1 heteroatoms. The fourth-order valence-electron chi connectivity index (χ4n) is 0.546. The molecule has 0 saturated heterocycles. The third-order valence-corrected chi connectivity index (χ3v) is 1.11. The molecule has 2 N–H and O–H groups in total. The number of hydrogen-bond donors (Lipinski definition) is 1. The average molecular weight is 84.1 g/mol. The van der Waals surface area contributed by atoms with E-state index in [1.54, 1.807) is 0 Å². The monoisotopic (exact) mass is 84.1 g/mol. The molecule has 1 saturated carbocycles. The highest BCUT2D eigenvalue weighted by atomic mass is 14.5. The molecule has 1 unspecified atom stereocenters. The van der Waals surface area contributed by atoms with Crippen LogP contribution in [-0.4, -0.2) is 6.54 Å². The Bertz CT molecular complexity index is 39.2. The van der Waals surface area contributed by atoms with E-state index in [1.807, 2.05) is 0 Å². The zero-order chi connectivity index (χ0) is 4.41. The summed E-state index contributed by atoms with van der Waals surface area (Å²) in [5, 5.41) is 0. The van der Waals surface area contributed by atoms with Crippen molar-refractivity contribution in [3.05, 3.63) is 6.42 Å². The first-order valence-electron chi connectivity index (χ1n) is 2.47. The highest BCUT2D eigenvalue weighted by Gasteiger charge is 2.33. The molecule has 1 aliphatic carbocycles. The van der Waals surface area contributed by atoms with Gasteiger partial charge in [0, 0.05) is 6.42 Å². The van der Waals surface area contributed by atoms with Crippen molar-refractivity contribution in [1.29, 1.82) is 0 Å². The molecule has 1 aliphatic rings. The van der Waals surface area contributed by atoms with E-state index in [2.05, 4.69) is 6.42 Å². The molecule has 1 nitrogen and oxygen atoms in total. The molecular formula is C5H10N+. The predicted molar refractivity (Wildman–Crippen MR) is 26.1 cm³/mol. The standard InChI is InChI=1S/C5H10N/c6-4-3-5-1-2-5/h1,5H,2-4,6H2/q+1. The van der Waals surface area contributed by atoms with Crippen molar-refractivity contribution in [3.8, 4) is 0 Å². The van der Waals surface area contributed by atoms with Gasteiger partial charge in [-0.25, -0.2) is 0 Å². The first kappa shape index (κ1) is 4.00. The van der Waals surface area contributed by atoms with Crippen LogP contribution in [0.25, 0.3) is 0 Å². The van der Waals surface area contributed by atoms with Gasteiger partial charge in [0.25, 0.3) is 0 Å². The summed E-state index contributed by atoms with van der Waals surface area (Å²) in [6, 6.07) is 0. The van der Waals surface area contributed by atoms with Gasteiger partial charge in [0.2, 0.25) is 0 Å². The lowest BCUT2D eigenvalue weighted by atomic mass is 10.3. The average Bonchev–Trinajstić information content (AvgIpc) is 2.21. The maximum Gasteiger partial charge on any atom is 0.139 e. The van der Waals surface area contributed by atoms with Gasteiger partial charge in [0.05, 0.1) is 6.42 Å². The summed E-state index contributed by atoms with van der Waals surface area (Å²) in [7, 11) is 0. The first-order chi connectivity index (χ1) is 2.93. The Kier molecular flexibility index (Phi) is 1.01. The van der Waals surface area contributed by atoms with Crippen LogP contribution < -0.4 is 5.73 Å². The van der Waals surface area contributed by atoms with Crippen LogP contribution in [0.3, 0.4) is 0 Å². The Morgan fingerprint density at radius 1 is 1.83 bits per heavy atom. The minimum Gasteiger partial charge on any atom is -0.330 e. The van der Waals surface area contributed by atoms with Crippen LogP contribution >= 0.6 is 0 Å². The largest absolute Gasteiger partial charge is 0.330 e. The minimum absolute atomic E-state index is 0.862. The van der Waals surface area contributed by atoms with Crippen molar-refractivity contribution in [1.82, 2.24) is 0 Å². The van der Waals surface area contributed by atoms with Crippen molar-refractivity contribution in [2.24, 2.45) is 11.7 Å². The van der Waals surface area contributed by atoms with E-state index < -0.39 is 0 Å². The van der Waals surface area contributed by atoms with E-state index in [4.69, 9.17) is 5.73 Å². The zero-order valence-electron chi connectivity index (χ0n) is 3.85. The van der Waals surface area contributed by atoms with Gasteiger partial charge in [-0.15, -0.1) is 0 Å². The summed E-state index contributed by atoms with van der Waals surface area (Å²) in [6.45, 7) is 0.862. The summed E-state index contributed by atoms with van der Waals surface area (Å²) in [5.74, 6) is 0.898. The summed E-state index contributed by atoms with van der Waals surface area (Å²) in [5.41, 5.74) is 5.25. The molecule has 6 heavy (non-hydrogen) atoms. The molecule has 0 aromatic carbocycles. The van der Waals surface area contributed by atoms with Gasteiger partial charge in [-0.3, -0.25) is 0 Å². The lowest BCUT2D eigenvalue weighted by Gasteiger charge is -1.76. The quantitative estimate of drug-likeness (QED) is 0.486. The lowest BCUT2D eigenvalue weighted by molar-refractivity contribution is 0.759. The first-order valence-corrected chi connectivity index (χ1v) is 2.47. The molecule has 0 spiro atoms. The van der Waals surface area contributed by atoms with Crippen molar-refractivity contribution in [2.75, 3.05) is 6.54 Å². The molecule has 1 rings (SSSR count). The zero-order valence-corrected chi connectivity index (χ0v) is 3.85. The SMILES string of the molecule is NCCC1[CH+]C1. The van der Waals surface area contributed by atoms with Gasteiger partial charge in [-0.05, 0) is 6.54 Å². The molecule has 0 amide bonds. The van der Waals surface area contributed by atoms with Crippen LogP contribution in [0.1, 0.15) is 12.8 Å². The summed E-state index contributed by atoms with van der Waals surface area (Å²) in [6.07, 6.45) is 4.82. The van der Waals surface area contributed by atoms with Gasteiger partial charge in [0.1, 0.15) is 12.3 Å². The van der Waals surface area contributed by atoms with Gasteiger partial charge < -0.3 is 5.73 Å². The Labute approximate surface area is 38.5 Å². The maximum absolute atomic E-state index is 5.25. The fraction of sp³-hybridized carbons (Fsp3) is 0.800. The van der Waals surface area contributed by atoms with E-state index in [0.717, 1.165) is 12.5 Å². The van der Waals surface area contributed by atoms with Crippen molar-refractivity contribution >= 4 is 0 Å². The van der Waals surface area contributed by atoms with E-state index in [9.17, 15) is 0 Å². The molecule has 0 radical (unpaired) electrons. The molecular weight excluding hydrogens is 74.1 g/mol. The van der Waals surface area contributed by atoms with Crippen LogP contribution in [0.4, 0.5) is 0 Å². The molecule has 1 fully saturated rings. The van der Waals surface area contributed by atoms with Crippen LogP contribution in [-0.2, 0) is 0 Å². The maximum atomic E-state index is 5.25. The molecule has 0 bridgehead atoms. The van der Waals surface area contributed by atoms with Crippen LogP contribution in [0.15, 0.2) is 0 Å². The summed E-state index contributed by atoms with van der Waals surface area (Å²) in [4.78, 5) is 0. The van der Waals surface area contributed by atoms with Crippen molar-refractivity contribution in [2.45, 2.75) is 12.8 Å². The third-order valence-electron chi connectivity index (χ3n) is 1.11. The molecule has 0 aliphatic heterocycles. The normalized spacial score (nSPS) is 29.2. The predicted octanol–water partition coefficient (Wildman–Crippen LogP) is 0.559. The molecule has 34 valence electrons. The summed E-state index contributed by atoms with van der Waals surface area (Å²) < 4.78 is 0. The van der Waals surface area contributed by atoms with E-state index in [1.165, 1.54) is 12.8 Å². The second-order valence-electron chi connectivity index (χ2n) is 1.81. The van der Waals surface area contributed by atoms with Gasteiger partial charge in [0.15, 0.2) is 0 Å². The van der Waals surface area contributed by atoms with Crippen LogP contribution in [0, 0.1) is 12.3 Å². The molecule has 0 heterocycles. The summed E-state index contributed by atoms with van der Waals surface area (Å²) >= 11 is 0. The van der Waals surface area contributed by atoms with Gasteiger partial charge in [-0.2, -0.15) is 0 Å². The van der Waals surface area contributed by atoms with Crippen LogP contribution in [0.2, 0.25) is 0 Å². The molecule has 0 aromatic heterocycles. The molecule has 1 atom stereocenters. The number of rotatable bonds is 2. The fourth-order valence-corrected chi connectivity index (χ4v) is 0.546. The second-order valence-corrected chi connectivity index (χ2v) is 1.81. The van der Waals surface area contributed by atoms with Crippen molar-refractivity contribution < 1.29 is 0 Å². The topological polar surface area (TPSA) is 26.0 Å². The van der Waals surface area contributed by atoms with E-state index in [0.29, 0.717) is 0 Å². The lowest BCUT2D eigenvalue weighted by Crippen LogP contribution is -1.98. The second kappa shape index (κ2) is 1.52. The Balaban J connectivity index is 1.88. The third kappa shape index (κ3) is 0.902. The Hall–Kier alpha value is -0.170. The Morgan fingerprint density at radius 2 is 2.50 bits per heavy atom. The van der Waals surface area contributed by atoms with Crippen molar-refractivity contribution in [3.63, 3.8) is 0 Å². The van der Waals surface area contributed by atoms with Gasteiger partial charge >= 0.3 is 0 Å². The van der Waals surface area contributed by atoms with Gasteiger partial charge in [-0.1, -0.05) is 0 Å². The smallest absolute Gasteiger partial charge is 0.139 e. The highest BCUT2D eigenvalue weighted by Crippen LogP contribution is 2.29. The number of nitrogens with two attached hydrogens (primary N) is 1. The van der Waals surface area contributed by atoms with E-state index in [-0.39, 0.29) is 0 Å². The van der Waals surface area contributed by atoms with E-state index >= 15 is 0 Å².